The van der Waals surface area contributed by atoms with Gasteiger partial charge in [-0.1, -0.05) is 176 Å². The Kier molecular flexibility index (Phi) is 7.45. The van der Waals surface area contributed by atoms with Gasteiger partial charge in [0.25, 0.3) is 0 Å². The molecule has 274 valence electrons. The standard InChI is InChI=1S/C56H35N3/c1-4-15-36(16-5-1)50-31-29-37-27-28-38-30-32-51(58-55(38)54(37)57-50)39-17-14-18-40(33-39)53-47-34-46-43-23-10-12-25-48(43)56(41-19-6-2-7-20-41,42-21-8-3-9-22-42)49(46)35-45(47)44-24-11-13-26-52(44)59-53/h1-35H. The van der Waals surface area contributed by atoms with Crippen LogP contribution in [0.3, 0.4) is 0 Å². The van der Waals surface area contributed by atoms with Crippen molar-refractivity contribution in [3.63, 3.8) is 0 Å². The molecule has 59 heavy (non-hydrogen) atoms. The normalized spacial score (nSPS) is 12.9. The van der Waals surface area contributed by atoms with Crippen LogP contribution in [0.15, 0.2) is 212 Å². The molecule has 3 heterocycles. The van der Waals surface area contributed by atoms with Crippen molar-refractivity contribution < 1.29 is 0 Å². The first kappa shape index (κ1) is 33.4. The van der Waals surface area contributed by atoms with E-state index in [4.69, 9.17) is 15.0 Å². The van der Waals surface area contributed by atoms with Gasteiger partial charge in [0, 0.05) is 38.2 Å². The van der Waals surface area contributed by atoms with Gasteiger partial charge in [-0.05, 0) is 75.2 Å². The summed E-state index contributed by atoms with van der Waals surface area (Å²) in [7, 11) is 0. The van der Waals surface area contributed by atoms with Crippen molar-refractivity contribution >= 4 is 43.5 Å². The summed E-state index contributed by atoms with van der Waals surface area (Å²) in [4.78, 5) is 15.9. The molecule has 0 saturated heterocycles. The average molecular weight is 750 g/mol. The lowest BCUT2D eigenvalue weighted by molar-refractivity contribution is 0.769. The smallest absolute Gasteiger partial charge is 0.0972 e. The maximum atomic E-state index is 5.44. The van der Waals surface area contributed by atoms with Crippen LogP contribution in [-0.4, -0.2) is 15.0 Å². The van der Waals surface area contributed by atoms with E-state index in [9.17, 15) is 0 Å². The van der Waals surface area contributed by atoms with Crippen LogP contribution in [-0.2, 0) is 5.41 Å². The second-order valence-corrected chi connectivity index (χ2v) is 15.5. The minimum atomic E-state index is -0.490. The lowest BCUT2D eigenvalue weighted by Gasteiger charge is -2.34. The zero-order valence-electron chi connectivity index (χ0n) is 32.0. The zero-order valence-corrected chi connectivity index (χ0v) is 32.0. The molecule has 0 N–H and O–H groups in total. The molecule has 1 aliphatic carbocycles. The van der Waals surface area contributed by atoms with E-state index in [2.05, 4.69) is 206 Å². The monoisotopic (exact) mass is 749 g/mol. The molecule has 8 aromatic carbocycles. The summed E-state index contributed by atoms with van der Waals surface area (Å²) >= 11 is 0. The SMILES string of the molecule is c1ccc(-c2ccc3ccc4ccc(-c5cccc(-c6nc7ccccc7c7cc8c(cc67)-c6ccccc6C8(c6ccccc6)c6ccccc6)c5)nc4c3n2)cc1. The van der Waals surface area contributed by atoms with Crippen molar-refractivity contribution in [1.29, 1.82) is 0 Å². The van der Waals surface area contributed by atoms with Crippen LogP contribution in [0, 0.1) is 0 Å². The molecular formula is C56H35N3. The first-order valence-corrected chi connectivity index (χ1v) is 20.2. The molecule has 0 bridgehead atoms. The number of fused-ring (bicyclic) bond motifs is 9. The van der Waals surface area contributed by atoms with Crippen molar-refractivity contribution in [3.8, 4) is 44.9 Å². The lowest BCUT2D eigenvalue weighted by Crippen LogP contribution is -2.28. The van der Waals surface area contributed by atoms with Crippen LogP contribution < -0.4 is 0 Å². The third-order valence-electron chi connectivity index (χ3n) is 12.3. The van der Waals surface area contributed by atoms with Crippen LogP contribution in [0.5, 0.6) is 0 Å². The summed E-state index contributed by atoms with van der Waals surface area (Å²) in [6.45, 7) is 0. The highest BCUT2D eigenvalue weighted by Gasteiger charge is 2.46. The Morgan fingerprint density at radius 3 is 1.59 bits per heavy atom. The fourth-order valence-electron chi connectivity index (χ4n) is 9.63. The minimum Gasteiger partial charge on any atom is -0.247 e. The molecular weight excluding hydrogens is 715 g/mol. The van der Waals surface area contributed by atoms with Gasteiger partial charge in [-0.2, -0.15) is 0 Å². The van der Waals surface area contributed by atoms with Gasteiger partial charge in [0.15, 0.2) is 0 Å². The summed E-state index contributed by atoms with van der Waals surface area (Å²) in [5.41, 5.74) is 15.8. The average Bonchev–Trinajstić information content (AvgIpc) is 3.61. The van der Waals surface area contributed by atoms with Gasteiger partial charge < -0.3 is 0 Å². The van der Waals surface area contributed by atoms with E-state index in [1.807, 2.05) is 6.07 Å². The quantitative estimate of drug-likeness (QED) is 0.165. The molecule has 0 saturated carbocycles. The molecule has 0 atom stereocenters. The summed E-state index contributed by atoms with van der Waals surface area (Å²) < 4.78 is 0. The third-order valence-corrected chi connectivity index (χ3v) is 12.3. The molecule has 3 heteroatoms. The maximum Gasteiger partial charge on any atom is 0.0972 e. The van der Waals surface area contributed by atoms with Crippen LogP contribution in [0.25, 0.3) is 88.4 Å². The second kappa shape index (κ2) is 13.2. The Morgan fingerprint density at radius 2 is 0.881 bits per heavy atom. The van der Waals surface area contributed by atoms with E-state index in [1.54, 1.807) is 0 Å². The predicted molar refractivity (Wildman–Crippen MR) is 243 cm³/mol. The number of hydrogen-bond donors (Lipinski definition) is 0. The van der Waals surface area contributed by atoms with Gasteiger partial charge in [0.05, 0.1) is 39.0 Å². The molecule has 0 unspecified atom stereocenters. The lowest BCUT2D eigenvalue weighted by atomic mass is 9.67. The van der Waals surface area contributed by atoms with E-state index < -0.39 is 5.41 Å². The number of aromatic nitrogens is 3. The number of benzene rings is 8. The molecule has 3 nitrogen and oxygen atoms in total. The molecule has 0 radical (unpaired) electrons. The van der Waals surface area contributed by atoms with E-state index in [0.717, 1.165) is 71.9 Å². The number of pyridine rings is 3. The highest BCUT2D eigenvalue weighted by Crippen LogP contribution is 2.57. The van der Waals surface area contributed by atoms with E-state index >= 15 is 0 Å². The van der Waals surface area contributed by atoms with Crippen molar-refractivity contribution in [2.24, 2.45) is 0 Å². The molecule has 0 aliphatic heterocycles. The number of rotatable bonds is 5. The first-order chi connectivity index (χ1) is 29.2. The predicted octanol–water partition coefficient (Wildman–Crippen LogP) is 13.8. The maximum absolute atomic E-state index is 5.44. The zero-order chi connectivity index (χ0) is 38.9. The molecule has 11 aromatic rings. The molecule has 0 amide bonds. The Balaban J connectivity index is 1.08. The number of nitrogens with zero attached hydrogens (tertiary/aromatic N) is 3. The largest absolute Gasteiger partial charge is 0.247 e. The van der Waals surface area contributed by atoms with Crippen LogP contribution in [0.1, 0.15) is 22.3 Å². The molecule has 1 aliphatic rings. The fourth-order valence-corrected chi connectivity index (χ4v) is 9.63. The van der Waals surface area contributed by atoms with Crippen molar-refractivity contribution in [3.05, 3.63) is 235 Å². The van der Waals surface area contributed by atoms with Crippen molar-refractivity contribution in [1.82, 2.24) is 15.0 Å². The Hall–Kier alpha value is -7.75. The molecule has 3 aromatic heterocycles. The summed E-state index contributed by atoms with van der Waals surface area (Å²) in [5, 5.41) is 5.59. The summed E-state index contributed by atoms with van der Waals surface area (Å²) in [5.74, 6) is 0. The Morgan fingerprint density at radius 1 is 0.322 bits per heavy atom. The molecule has 0 fully saturated rings. The van der Waals surface area contributed by atoms with Gasteiger partial charge in [-0.25, -0.2) is 15.0 Å². The highest BCUT2D eigenvalue weighted by molar-refractivity contribution is 6.13. The second-order valence-electron chi connectivity index (χ2n) is 15.5. The van der Waals surface area contributed by atoms with E-state index in [0.29, 0.717) is 0 Å². The van der Waals surface area contributed by atoms with Crippen LogP contribution in [0.2, 0.25) is 0 Å². The molecule has 12 rings (SSSR count). The van der Waals surface area contributed by atoms with Gasteiger partial charge in [0.2, 0.25) is 0 Å². The summed E-state index contributed by atoms with van der Waals surface area (Å²) in [6.07, 6.45) is 0. The van der Waals surface area contributed by atoms with Gasteiger partial charge in [-0.15, -0.1) is 0 Å². The van der Waals surface area contributed by atoms with Crippen molar-refractivity contribution in [2.75, 3.05) is 0 Å². The van der Waals surface area contributed by atoms with Crippen molar-refractivity contribution in [2.45, 2.75) is 5.41 Å². The van der Waals surface area contributed by atoms with Crippen LogP contribution in [0.4, 0.5) is 0 Å². The first-order valence-electron chi connectivity index (χ1n) is 20.2. The molecule has 0 spiro atoms. The topological polar surface area (TPSA) is 38.7 Å². The van der Waals surface area contributed by atoms with E-state index in [-0.39, 0.29) is 0 Å². The van der Waals surface area contributed by atoms with Gasteiger partial charge in [-0.3, -0.25) is 0 Å². The van der Waals surface area contributed by atoms with Gasteiger partial charge in [0.1, 0.15) is 0 Å². The van der Waals surface area contributed by atoms with Crippen LogP contribution >= 0.6 is 0 Å². The number of para-hydroxylation sites is 1. The fraction of sp³-hybridized carbons (Fsp3) is 0.0179. The third kappa shape index (κ3) is 5.11. The summed E-state index contributed by atoms with van der Waals surface area (Å²) in [6, 6.07) is 76.3. The highest BCUT2D eigenvalue weighted by atomic mass is 14.8. The Bertz CT molecular complexity index is 3390. The number of hydrogen-bond acceptors (Lipinski definition) is 3. The minimum absolute atomic E-state index is 0.490. The van der Waals surface area contributed by atoms with E-state index in [1.165, 1.54) is 38.8 Å². The van der Waals surface area contributed by atoms with Gasteiger partial charge >= 0.3 is 0 Å². The Labute approximate surface area is 342 Å².